The molecule has 2 rings (SSSR count). The predicted molar refractivity (Wildman–Crippen MR) is 79.8 cm³/mol. The zero-order valence-electron chi connectivity index (χ0n) is 11.0. The summed E-state index contributed by atoms with van der Waals surface area (Å²) >= 11 is 0. The van der Waals surface area contributed by atoms with Crippen molar-refractivity contribution in [2.75, 3.05) is 7.05 Å². The Morgan fingerprint density at radius 3 is 2.53 bits per heavy atom. The molecule has 0 spiro atoms. The van der Waals surface area contributed by atoms with Crippen LogP contribution in [0.5, 0.6) is 0 Å². The lowest BCUT2D eigenvalue weighted by Crippen LogP contribution is -2.35. The molecule has 4 heteroatoms. The summed E-state index contributed by atoms with van der Waals surface area (Å²) < 4.78 is 0. The second kappa shape index (κ2) is 6.55. The molecule has 0 amide bonds. The lowest BCUT2D eigenvalue weighted by atomic mass is 10.0. The summed E-state index contributed by atoms with van der Waals surface area (Å²) in [6.45, 7) is 2.34. The van der Waals surface area contributed by atoms with Crippen molar-refractivity contribution in [3.63, 3.8) is 0 Å². The van der Waals surface area contributed by atoms with E-state index in [0.29, 0.717) is 6.54 Å². The summed E-state index contributed by atoms with van der Waals surface area (Å²) in [5, 5.41) is 11.4. The van der Waals surface area contributed by atoms with E-state index >= 15 is 0 Å². The molecule has 19 heavy (non-hydrogen) atoms. The molecular formula is C15H18ClNO2. The zero-order valence-corrected chi connectivity index (χ0v) is 11.9. The Bertz CT molecular complexity index is 566. The van der Waals surface area contributed by atoms with E-state index in [1.54, 1.807) is 6.92 Å². The number of carbonyl (C=O) groups is 1. The standard InChI is InChI=1S/C15H17NO2.ClH/c1-11(15(17)18)16(2)10-13-8-5-7-12-6-3-4-9-14(12)13;/h3-9,11H,10H2,1-2H3,(H,17,18);1H. The number of hydrogen-bond acceptors (Lipinski definition) is 2. The fraction of sp³-hybridized carbons (Fsp3) is 0.267. The van der Waals surface area contributed by atoms with Crippen molar-refractivity contribution in [1.82, 2.24) is 4.90 Å². The van der Waals surface area contributed by atoms with Crippen molar-refractivity contribution in [2.45, 2.75) is 19.5 Å². The quantitative estimate of drug-likeness (QED) is 0.934. The Kier molecular flexibility index (Phi) is 5.33. The van der Waals surface area contributed by atoms with Gasteiger partial charge in [-0.15, -0.1) is 12.4 Å². The number of aliphatic carboxylic acids is 1. The number of benzene rings is 2. The summed E-state index contributed by atoms with van der Waals surface area (Å²) in [4.78, 5) is 12.8. The lowest BCUT2D eigenvalue weighted by Gasteiger charge is -2.21. The Morgan fingerprint density at radius 1 is 1.21 bits per heavy atom. The third-order valence-corrected chi connectivity index (χ3v) is 3.32. The fourth-order valence-electron chi connectivity index (χ4n) is 2.02. The van der Waals surface area contributed by atoms with Crippen LogP contribution in [-0.4, -0.2) is 29.1 Å². The van der Waals surface area contributed by atoms with Gasteiger partial charge < -0.3 is 5.11 Å². The van der Waals surface area contributed by atoms with Gasteiger partial charge in [0.25, 0.3) is 0 Å². The van der Waals surface area contributed by atoms with Crippen molar-refractivity contribution in [3.05, 3.63) is 48.0 Å². The van der Waals surface area contributed by atoms with Gasteiger partial charge >= 0.3 is 5.97 Å². The van der Waals surface area contributed by atoms with Crippen LogP contribution in [0, 0.1) is 0 Å². The highest BCUT2D eigenvalue weighted by atomic mass is 35.5. The third-order valence-electron chi connectivity index (χ3n) is 3.32. The number of halogens is 1. The number of likely N-dealkylation sites (N-methyl/N-ethyl adjacent to an activating group) is 1. The molecule has 1 atom stereocenters. The number of hydrogen-bond donors (Lipinski definition) is 1. The number of fused-ring (bicyclic) bond motifs is 1. The molecule has 2 aromatic rings. The molecule has 0 heterocycles. The normalized spacial score (nSPS) is 12.2. The van der Waals surface area contributed by atoms with E-state index < -0.39 is 12.0 Å². The minimum Gasteiger partial charge on any atom is -0.480 e. The minimum absolute atomic E-state index is 0. The second-order valence-corrected chi connectivity index (χ2v) is 4.57. The summed E-state index contributed by atoms with van der Waals surface area (Å²) in [5.74, 6) is -0.794. The average molecular weight is 280 g/mol. The monoisotopic (exact) mass is 279 g/mol. The van der Waals surface area contributed by atoms with E-state index in [-0.39, 0.29) is 12.4 Å². The van der Waals surface area contributed by atoms with Crippen LogP contribution in [-0.2, 0) is 11.3 Å². The number of rotatable bonds is 4. The first kappa shape index (κ1) is 15.5. The fourth-order valence-corrected chi connectivity index (χ4v) is 2.02. The summed E-state index contributed by atoms with van der Waals surface area (Å²) in [6.07, 6.45) is 0. The van der Waals surface area contributed by atoms with Crippen molar-refractivity contribution in [3.8, 4) is 0 Å². The highest BCUT2D eigenvalue weighted by molar-refractivity contribution is 5.86. The molecule has 0 fully saturated rings. The maximum absolute atomic E-state index is 11.0. The molecule has 102 valence electrons. The van der Waals surface area contributed by atoms with Crippen LogP contribution >= 0.6 is 12.4 Å². The van der Waals surface area contributed by atoms with Gasteiger partial charge in [-0.3, -0.25) is 9.69 Å². The molecule has 2 aromatic carbocycles. The van der Waals surface area contributed by atoms with E-state index in [4.69, 9.17) is 5.11 Å². The van der Waals surface area contributed by atoms with Crippen molar-refractivity contribution < 1.29 is 9.90 Å². The maximum atomic E-state index is 11.0. The van der Waals surface area contributed by atoms with Crippen LogP contribution in [0.25, 0.3) is 10.8 Å². The highest BCUT2D eigenvalue weighted by Gasteiger charge is 2.17. The molecule has 0 aliphatic rings. The number of carboxylic acid groups (broad SMARTS) is 1. The molecule has 0 saturated carbocycles. The molecular weight excluding hydrogens is 262 g/mol. The molecule has 0 aliphatic heterocycles. The number of nitrogens with zero attached hydrogens (tertiary/aromatic N) is 1. The van der Waals surface area contributed by atoms with Crippen LogP contribution in [0.4, 0.5) is 0 Å². The topological polar surface area (TPSA) is 40.5 Å². The molecule has 3 nitrogen and oxygen atoms in total. The van der Waals surface area contributed by atoms with Gasteiger partial charge in [-0.1, -0.05) is 42.5 Å². The maximum Gasteiger partial charge on any atom is 0.320 e. The predicted octanol–water partition coefficient (Wildman–Crippen LogP) is 3.17. The molecule has 1 unspecified atom stereocenters. The van der Waals surface area contributed by atoms with Crippen LogP contribution in [0.1, 0.15) is 12.5 Å². The first-order valence-corrected chi connectivity index (χ1v) is 5.99. The Labute approximate surface area is 119 Å². The van der Waals surface area contributed by atoms with E-state index in [1.165, 1.54) is 10.8 Å². The first-order valence-electron chi connectivity index (χ1n) is 5.99. The molecule has 0 radical (unpaired) electrons. The largest absolute Gasteiger partial charge is 0.480 e. The van der Waals surface area contributed by atoms with Crippen LogP contribution in [0.15, 0.2) is 42.5 Å². The Balaban J connectivity index is 0.00000180. The Hall–Kier alpha value is -1.58. The van der Waals surface area contributed by atoms with E-state index in [2.05, 4.69) is 18.2 Å². The average Bonchev–Trinajstić information content (AvgIpc) is 2.38. The lowest BCUT2D eigenvalue weighted by molar-refractivity contribution is -0.142. The van der Waals surface area contributed by atoms with Gasteiger partial charge in [0.05, 0.1) is 0 Å². The van der Waals surface area contributed by atoms with Gasteiger partial charge in [-0.05, 0) is 30.3 Å². The van der Waals surface area contributed by atoms with Crippen molar-refractivity contribution in [2.24, 2.45) is 0 Å². The second-order valence-electron chi connectivity index (χ2n) is 4.57. The molecule has 0 aromatic heterocycles. The summed E-state index contributed by atoms with van der Waals surface area (Å²) in [7, 11) is 1.83. The van der Waals surface area contributed by atoms with Crippen molar-refractivity contribution >= 4 is 29.1 Å². The first-order chi connectivity index (χ1) is 8.59. The Morgan fingerprint density at radius 2 is 1.84 bits per heavy atom. The van der Waals surface area contributed by atoms with E-state index in [1.807, 2.05) is 36.2 Å². The number of carboxylic acids is 1. The van der Waals surface area contributed by atoms with Gasteiger partial charge in [-0.2, -0.15) is 0 Å². The van der Waals surface area contributed by atoms with E-state index in [9.17, 15) is 4.79 Å². The van der Waals surface area contributed by atoms with Crippen LogP contribution < -0.4 is 0 Å². The van der Waals surface area contributed by atoms with Gasteiger partial charge in [0, 0.05) is 6.54 Å². The SMILES string of the molecule is CC(C(=O)O)N(C)Cc1cccc2ccccc12.Cl. The zero-order chi connectivity index (χ0) is 13.1. The molecule has 1 N–H and O–H groups in total. The van der Waals surface area contributed by atoms with Crippen molar-refractivity contribution in [1.29, 1.82) is 0 Å². The van der Waals surface area contributed by atoms with Gasteiger partial charge in [0.1, 0.15) is 6.04 Å². The summed E-state index contributed by atoms with van der Waals surface area (Å²) in [5.41, 5.74) is 1.16. The molecule has 0 aliphatic carbocycles. The highest BCUT2D eigenvalue weighted by Crippen LogP contribution is 2.20. The van der Waals surface area contributed by atoms with E-state index in [0.717, 1.165) is 5.56 Å². The van der Waals surface area contributed by atoms with Gasteiger partial charge in [0.15, 0.2) is 0 Å². The minimum atomic E-state index is -0.794. The molecule has 0 bridgehead atoms. The smallest absolute Gasteiger partial charge is 0.320 e. The molecule has 0 saturated heterocycles. The van der Waals surface area contributed by atoms with Gasteiger partial charge in [-0.25, -0.2) is 0 Å². The van der Waals surface area contributed by atoms with Crippen LogP contribution in [0.2, 0.25) is 0 Å². The van der Waals surface area contributed by atoms with Crippen LogP contribution in [0.3, 0.4) is 0 Å². The third kappa shape index (κ3) is 3.46. The van der Waals surface area contributed by atoms with Gasteiger partial charge in [0.2, 0.25) is 0 Å². The summed E-state index contributed by atoms with van der Waals surface area (Å²) in [6, 6.07) is 13.8.